The number of hydrogen-bond donors (Lipinski definition) is 2. The Labute approximate surface area is 136 Å². The summed E-state index contributed by atoms with van der Waals surface area (Å²) in [5, 5.41) is 3.26. The fourth-order valence-corrected chi connectivity index (χ4v) is 2.94. The van der Waals surface area contributed by atoms with Crippen LogP contribution in [0.15, 0.2) is 28.7 Å². The van der Waals surface area contributed by atoms with E-state index in [0.29, 0.717) is 13.1 Å². The Kier molecular flexibility index (Phi) is 8.43. The summed E-state index contributed by atoms with van der Waals surface area (Å²) < 4.78 is 29.1. The molecule has 0 fully saturated rings. The number of nitrogens with one attached hydrogen (secondary N) is 2. The second-order valence-electron chi connectivity index (χ2n) is 4.88. The Bertz CT molecular complexity index is 505. The molecule has 0 heterocycles. The summed E-state index contributed by atoms with van der Waals surface area (Å²) in [5.74, 6) is 0. The highest BCUT2D eigenvalue weighted by molar-refractivity contribution is 9.10. The summed E-state index contributed by atoms with van der Waals surface area (Å²) >= 11 is 3.35. The molecule has 1 aromatic rings. The minimum absolute atomic E-state index is 0.300. The van der Waals surface area contributed by atoms with Gasteiger partial charge in [-0.1, -0.05) is 35.0 Å². The fourth-order valence-electron chi connectivity index (χ4n) is 1.74. The Morgan fingerprint density at radius 3 is 2.48 bits per heavy atom. The quantitative estimate of drug-likeness (QED) is 0.613. The topological polar surface area (TPSA) is 61.4 Å². The highest BCUT2D eigenvalue weighted by Crippen LogP contribution is 2.10. The number of benzene rings is 1. The molecule has 0 bridgehead atoms. The zero-order valence-electron chi connectivity index (χ0n) is 12.6. The lowest BCUT2D eigenvalue weighted by Crippen LogP contribution is -2.39. The minimum Gasteiger partial charge on any atom is -0.317 e. The molecule has 1 rings (SSSR count). The van der Waals surface area contributed by atoms with Crippen LogP contribution in [0.1, 0.15) is 25.3 Å². The lowest BCUT2D eigenvalue weighted by molar-refractivity contribution is 0.444. The molecule has 0 aliphatic heterocycles. The molecule has 0 spiro atoms. The van der Waals surface area contributed by atoms with Crippen molar-refractivity contribution in [3.63, 3.8) is 0 Å². The third-order valence-corrected chi connectivity index (χ3v) is 5.08. The van der Waals surface area contributed by atoms with E-state index in [1.54, 1.807) is 7.05 Å². The smallest absolute Gasteiger partial charge is 0.279 e. The lowest BCUT2D eigenvalue weighted by atomic mass is 10.2. The first-order valence-corrected chi connectivity index (χ1v) is 9.35. The first kappa shape index (κ1) is 18.6. The molecule has 0 aromatic heterocycles. The van der Waals surface area contributed by atoms with E-state index in [4.69, 9.17) is 0 Å². The van der Waals surface area contributed by atoms with Crippen molar-refractivity contribution in [3.05, 3.63) is 34.3 Å². The number of hydrogen-bond acceptors (Lipinski definition) is 3. The van der Waals surface area contributed by atoms with E-state index in [1.807, 2.05) is 24.3 Å². The predicted molar refractivity (Wildman–Crippen MR) is 90.3 cm³/mol. The average molecular weight is 378 g/mol. The molecule has 0 saturated heterocycles. The first-order valence-electron chi connectivity index (χ1n) is 7.12. The van der Waals surface area contributed by atoms with Gasteiger partial charge in [0.05, 0.1) is 0 Å². The summed E-state index contributed by atoms with van der Waals surface area (Å²) in [7, 11) is -1.82. The SMILES string of the molecule is CCCNCCCN(C)S(=O)(=O)NCc1ccc(Br)cc1. The van der Waals surface area contributed by atoms with Gasteiger partial charge in [-0.15, -0.1) is 0 Å². The summed E-state index contributed by atoms with van der Waals surface area (Å²) in [6.45, 7) is 4.72. The van der Waals surface area contributed by atoms with Crippen LogP contribution in [0.3, 0.4) is 0 Å². The van der Waals surface area contributed by atoms with Gasteiger partial charge in [-0.2, -0.15) is 17.4 Å². The molecule has 120 valence electrons. The average Bonchev–Trinajstić information content (AvgIpc) is 2.46. The van der Waals surface area contributed by atoms with Crippen molar-refractivity contribution in [3.8, 4) is 0 Å². The highest BCUT2D eigenvalue weighted by Gasteiger charge is 2.16. The van der Waals surface area contributed by atoms with Crippen molar-refractivity contribution in [2.75, 3.05) is 26.7 Å². The number of halogens is 1. The third kappa shape index (κ3) is 7.37. The summed E-state index contributed by atoms with van der Waals surface area (Å²) in [6.07, 6.45) is 1.89. The van der Waals surface area contributed by atoms with Crippen molar-refractivity contribution >= 4 is 26.1 Å². The molecule has 0 aliphatic carbocycles. The molecule has 2 N–H and O–H groups in total. The summed E-state index contributed by atoms with van der Waals surface area (Å²) in [5.41, 5.74) is 0.930. The van der Waals surface area contributed by atoms with Gasteiger partial charge in [0.2, 0.25) is 0 Å². The maximum atomic E-state index is 12.1. The first-order chi connectivity index (χ1) is 9.95. The second kappa shape index (κ2) is 9.53. The van der Waals surface area contributed by atoms with Crippen LogP contribution in [0.25, 0.3) is 0 Å². The Balaban J connectivity index is 2.36. The molecule has 0 radical (unpaired) electrons. The van der Waals surface area contributed by atoms with E-state index in [-0.39, 0.29) is 0 Å². The van der Waals surface area contributed by atoms with Gasteiger partial charge in [0.1, 0.15) is 0 Å². The predicted octanol–water partition coefficient (Wildman–Crippen LogP) is 2.10. The fraction of sp³-hybridized carbons (Fsp3) is 0.571. The Morgan fingerprint density at radius 2 is 1.86 bits per heavy atom. The molecule has 0 aliphatic rings. The summed E-state index contributed by atoms with van der Waals surface area (Å²) in [6, 6.07) is 7.57. The van der Waals surface area contributed by atoms with Crippen LogP contribution in [-0.4, -0.2) is 39.4 Å². The van der Waals surface area contributed by atoms with Crippen LogP contribution < -0.4 is 10.0 Å². The summed E-state index contributed by atoms with van der Waals surface area (Å²) in [4.78, 5) is 0. The maximum Gasteiger partial charge on any atom is 0.279 e. The van der Waals surface area contributed by atoms with Gasteiger partial charge in [-0.3, -0.25) is 0 Å². The largest absolute Gasteiger partial charge is 0.317 e. The molecular formula is C14H24BrN3O2S. The van der Waals surface area contributed by atoms with Crippen molar-refractivity contribution < 1.29 is 8.42 Å². The van der Waals surface area contributed by atoms with E-state index in [0.717, 1.165) is 36.0 Å². The number of nitrogens with zero attached hydrogens (tertiary/aromatic N) is 1. The zero-order chi connectivity index (χ0) is 15.7. The van der Waals surface area contributed by atoms with Crippen molar-refractivity contribution in [2.24, 2.45) is 0 Å². The molecule has 1 aromatic carbocycles. The van der Waals surface area contributed by atoms with E-state index in [1.165, 1.54) is 4.31 Å². The van der Waals surface area contributed by atoms with E-state index >= 15 is 0 Å². The monoisotopic (exact) mass is 377 g/mol. The highest BCUT2D eigenvalue weighted by atomic mass is 79.9. The van der Waals surface area contributed by atoms with E-state index < -0.39 is 10.2 Å². The van der Waals surface area contributed by atoms with E-state index in [9.17, 15) is 8.42 Å². The molecule has 5 nitrogen and oxygen atoms in total. The van der Waals surface area contributed by atoms with Crippen molar-refractivity contribution in [1.82, 2.24) is 14.3 Å². The maximum absolute atomic E-state index is 12.1. The molecule has 21 heavy (non-hydrogen) atoms. The van der Waals surface area contributed by atoms with Gasteiger partial charge in [0.15, 0.2) is 0 Å². The van der Waals surface area contributed by atoms with Gasteiger partial charge in [0.25, 0.3) is 10.2 Å². The lowest BCUT2D eigenvalue weighted by Gasteiger charge is -2.17. The van der Waals surface area contributed by atoms with Crippen LogP contribution >= 0.6 is 15.9 Å². The molecule has 0 amide bonds. The van der Waals surface area contributed by atoms with Gasteiger partial charge < -0.3 is 5.32 Å². The standard InChI is InChI=1S/C14H24BrN3O2S/c1-3-9-16-10-4-11-18(2)21(19,20)17-12-13-5-7-14(15)8-6-13/h5-8,16-17H,3-4,9-12H2,1-2H3. The molecule has 0 atom stereocenters. The van der Waals surface area contributed by atoms with Crippen molar-refractivity contribution in [2.45, 2.75) is 26.3 Å². The normalized spacial score (nSPS) is 12.0. The zero-order valence-corrected chi connectivity index (χ0v) is 15.0. The van der Waals surface area contributed by atoms with Gasteiger partial charge >= 0.3 is 0 Å². The Morgan fingerprint density at radius 1 is 1.19 bits per heavy atom. The minimum atomic E-state index is -3.42. The van der Waals surface area contributed by atoms with Gasteiger partial charge in [-0.05, 0) is 43.6 Å². The molecule has 7 heteroatoms. The number of rotatable bonds is 10. The van der Waals surface area contributed by atoms with Gasteiger partial charge in [0, 0.05) is 24.6 Å². The van der Waals surface area contributed by atoms with E-state index in [2.05, 4.69) is 32.9 Å². The van der Waals surface area contributed by atoms with Crippen LogP contribution in [0.5, 0.6) is 0 Å². The third-order valence-electron chi connectivity index (χ3n) is 3.04. The van der Waals surface area contributed by atoms with Crippen molar-refractivity contribution in [1.29, 1.82) is 0 Å². The molecule has 0 saturated carbocycles. The molecule has 0 unspecified atom stereocenters. The molecular weight excluding hydrogens is 354 g/mol. The van der Waals surface area contributed by atoms with Crippen LogP contribution in [0.2, 0.25) is 0 Å². The van der Waals surface area contributed by atoms with Gasteiger partial charge in [-0.25, -0.2) is 0 Å². The van der Waals surface area contributed by atoms with Crippen LogP contribution in [0, 0.1) is 0 Å². The Hall–Kier alpha value is -0.470. The van der Waals surface area contributed by atoms with Crippen LogP contribution in [-0.2, 0) is 16.8 Å². The van der Waals surface area contributed by atoms with Crippen LogP contribution in [0.4, 0.5) is 0 Å². The second-order valence-corrected chi connectivity index (χ2v) is 7.66.